The molecule has 0 amide bonds. The summed E-state index contributed by atoms with van der Waals surface area (Å²) in [5, 5.41) is 0. The van der Waals surface area contributed by atoms with Crippen LogP contribution < -0.4 is 0 Å². The maximum absolute atomic E-state index is 11.5. The fraction of sp³-hybridized carbons (Fsp3) is 0.308. The van der Waals surface area contributed by atoms with E-state index in [1.807, 2.05) is 42.5 Å². The van der Waals surface area contributed by atoms with E-state index in [0.29, 0.717) is 6.61 Å². The van der Waals surface area contributed by atoms with Gasteiger partial charge < -0.3 is 4.74 Å². The van der Waals surface area contributed by atoms with E-state index in [9.17, 15) is 4.79 Å². The Balaban J connectivity index is 1.83. The number of carbonyl (C=O) groups is 1. The number of rotatable bonds is 3. The second kappa shape index (κ2) is 4.78. The lowest BCUT2D eigenvalue weighted by Gasteiger charge is -2.08. The van der Waals surface area contributed by atoms with Crippen LogP contribution in [0.3, 0.4) is 0 Å². The highest BCUT2D eigenvalue weighted by atomic mass is 16.5. The number of ether oxygens (including phenoxy) is 1. The number of allylic oxidation sites excluding steroid dienone is 1. The topological polar surface area (TPSA) is 26.3 Å². The van der Waals surface area contributed by atoms with Crippen LogP contribution in [0.15, 0.2) is 42.5 Å². The molecular formula is C13H14O2. The molecule has 2 rings (SSSR count). The Morgan fingerprint density at radius 2 is 2.13 bits per heavy atom. The summed E-state index contributed by atoms with van der Waals surface area (Å²) < 4.78 is 5.22. The van der Waals surface area contributed by atoms with Crippen LogP contribution in [0.2, 0.25) is 0 Å². The van der Waals surface area contributed by atoms with Gasteiger partial charge in [-0.25, -0.2) is 0 Å². The molecular weight excluding hydrogens is 188 g/mol. The molecule has 1 atom stereocenters. The van der Waals surface area contributed by atoms with Crippen LogP contribution in [0.25, 0.3) is 0 Å². The van der Waals surface area contributed by atoms with Crippen LogP contribution in [0.5, 0.6) is 0 Å². The number of carbonyl (C=O) groups excluding carboxylic acids is 1. The van der Waals surface area contributed by atoms with Crippen molar-refractivity contribution in [2.24, 2.45) is 5.92 Å². The first kappa shape index (κ1) is 9.97. The van der Waals surface area contributed by atoms with E-state index in [2.05, 4.69) is 0 Å². The molecule has 15 heavy (non-hydrogen) atoms. The van der Waals surface area contributed by atoms with Gasteiger partial charge in [0.15, 0.2) is 0 Å². The van der Waals surface area contributed by atoms with Gasteiger partial charge in [0.05, 0.1) is 5.92 Å². The van der Waals surface area contributed by atoms with Crippen LogP contribution in [-0.2, 0) is 16.1 Å². The van der Waals surface area contributed by atoms with Gasteiger partial charge in [-0.1, -0.05) is 42.5 Å². The molecule has 0 aliphatic heterocycles. The highest BCUT2D eigenvalue weighted by Crippen LogP contribution is 2.18. The summed E-state index contributed by atoms with van der Waals surface area (Å²) >= 11 is 0. The maximum Gasteiger partial charge on any atom is 0.313 e. The zero-order valence-corrected chi connectivity index (χ0v) is 8.56. The molecule has 0 radical (unpaired) electrons. The highest BCUT2D eigenvalue weighted by Gasteiger charge is 2.19. The first-order valence-electron chi connectivity index (χ1n) is 5.23. The van der Waals surface area contributed by atoms with Crippen LogP contribution >= 0.6 is 0 Å². The summed E-state index contributed by atoms with van der Waals surface area (Å²) in [5.74, 6) is -0.124. The molecule has 1 aromatic rings. The lowest BCUT2D eigenvalue weighted by Crippen LogP contribution is -2.13. The van der Waals surface area contributed by atoms with Crippen LogP contribution in [-0.4, -0.2) is 5.97 Å². The molecule has 0 spiro atoms. The van der Waals surface area contributed by atoms with Crippen molar-refractivity contribution in [3.05, 3.63) is 48.0 Å². The van der Waals surface area contributed by atoms with E-state index in [0.717, 1.165) is 18.4 Å². The summed E-state index contributed by atoms with van der Waals surface area (Å²) in [6.45, 7) is 0.379. The molecule has 0 heterocycles. The summed E-state index contributed by atoms with van der Waals surface area (Å²) in [7, 11) is 0. The molecule has 2 nitrogen and oxygen atoms in total. The Hall–Kier alpha value is -1.57. The Bertz CT molecular complexity index is 354. The second-order valence-corrected chi connectivity index (χ2v) is 3.71. The second-order valence-electron chi connectivity index (χ2n) is 3.71. The Labute approximate surface area is 89.6 Å². The number of esters is 1. The predicted molar refractivity (Wildman–Crippen MR) is 58.1 cm³/mol. The van der Waals surface area contributed by atoms with Crippen molar-refractivity contribution in [2.75, 3.05) is 0 Å². The van der Waals surface area contributed by atoms with Gasteiger partial charge in [0.1, 0.15) is 6.61 Å². The van der Waals surface area contributed by atoms with Gasteiger partial charge in [-0.2, -0.15) is 0 Å². The molecule has 1 aliphatic rings. The first-order valence-corrected chi connectivity index (χ1v) is 5.23. The maximum atomic E-state index is 11.5. The largest absolute Gasteiger partial charge is 0.460 e. The zero-order chi connectivity index (χ0) is 10.5. The molecule has 0 bridgehead atoms. The first-order chi connectivity index (χ1) is 7.36. The van der Waals surface area contributed by atoms with Crippen LogP contribution in [0, 0.1) is 5.92 Å². The summed E-state index contributed by atoms with van der Waals surface area (Å²) in [4.78, 5) is 11.5. The molecule has 1 aromatic carbocycles. The molecule has 78 valence electrons. The number of hydrogen-bond acceptors (Lipinski definition) is 2. The summed E-state index contributed by atoms with van der Waals surface area (Å²) in [6.07, 6.45) is 5.86. The van der Waals surface area contributed by atoms with E-state index in [-0.39, 0.29) is 11.9 Å². The van der Waals surface area contributed by atoms with Crippen molar-refractivity contribution in [2.45, 2.75) is 19.4 Å². The van der Waals surface area contributed by atoms with Gasteiger partial charge in [0.25, 0.3) is 0 Å². The van der Waals surface area contributed by atoms with Crippen molar-refractivity contribution >= 4 is 5.97 Å². The Kier molecular flexibility index (Phi) is 3.18. The summed E-state index contributed by atoms with van der Waals surface area (Å²) in [6, 6.07) is 9.75. The van der Waals surface area contributed by atoms with Crippen molar-refractivity contribution in [3.63, 3.8) is 0 Å². The van der Waals surface area contributed by atoms with Gasteiger partial charge in [-0.15, -0.1) is 0 Å². The minimum absolute atomic E-state index is 0.0197. The quantitative estimate of drug-likeness (QED) is 0.556. The zero-order valence-electron chi connectivity index (χ0n) is 8.56. The number of hydrogen-bond donors (Lipinski definition) is 0. The fourth-order valence-electron chi connectivity index (χ4n) is 1.66. The van der Waals surface area contributed by atoms with E-state index >= 15 is 0 Å². The standard InChI is InChI=1S/C13H14O2/c14-13(12-8-4-5-9-12)15-10-11-6-2-1-3-7-11/h1-4,6-8,12H,5,9-10H2. The Morgan fingerprint density at radius 3 is 2.80 bits per heavy atom. The molecule has 0 N–H and O–H groups in total. The van der Waals surface area contributed by atoms with Gasteiger partial charge in [0, 0.05) is 0 Å². The molecule has 0 aromatic heterocycles. The van der Waals surface area contributed by atoms with Crippen molar-refractivity contribution in [1.29, 1.82) is 0 Å². The SMILES string of the molecule is O=C(OCc1ccccc1)C1C=CCC1. The van der Waals surface area contributed by atoms with Crippen molar-refractivity contribution in [3.8, 4) is 0 Å². The van der Waals surface area contributed by atoms with Gasteiger partial charge in [-0.05, 0) is 18.4 Å². The van der Waals surface area contributed by atoms with Crippen LogP contribution in [0.1, 0.15) is 18.4 Å². The smallest absolute Gasteiger partial charge is 0.313 e. The average molecular weight is 202 g/mol. The Morgan fingerprint density at radius 1 is 1.33 bits per heavy atom. The highest BCUT2D eigenvalue weighted by molar-refractivity contribution is 5.74. The van der Waals surface area contributed by atoms with Crippen molar-refractivity contribution < 1.29 is 9.53 Å². The van der Waals surface area contributed by atoms with Crippen LogP contribution in [0.4, 0.5) is 0 Å². The summed E-state index contributed by atoms with van der Waals surface area (Å²) in [5.41, 5.74) is 1.04. The minimum Gasteiger partial charge on any atom is -0.460 e. The third-order valence-electron chi connectivity index (χ3n) is 2.54. The molecule has 2 heteroatoms. The lowest BCUT2D eigenvalue weighted by molar-refractivity contribution is -0.148. The normalized spacial score (nSPS) is 19.1. The van der Waals surface area contributed by atoms with Gasteiger partial charge >= 0.3 is 5.97 Å². The predicted octanol–water partition coefficient (Wildman–Crippen LogP) is 2.70. The van der Waals surface area contributed by atoms with Crippen molar-refractivity contribution in [1.82, 2.24) is 0 Å². The molecule has 0 fully saturated rings. The monoisotopic (exact) mass is 202 g/mol. The molecule has 1 unspecified atom stereocenters. The van der Waals surface area contributed by atoms with Gasteiger partial charge in [0.2, 0.25) is 0 Å². The molecule has 0 saturated carbocycles. The van der Waals surface area contributed by atoms with E-state index in [1.165, 1.54) is 0 Å². The molecule has 0 saturated heterocycles. The van der Waals surface area contributed by atoms with E-state index < -0.39 is 0 Å². The average Bonchev–Trinajstić information content (AvgIpc) is 2.81. The third-order valence-corrected chi connectivity index (χ3v) is 2.54. The molecule has 1 aliphatic carbocycles. The van der Waals surface area contributed by atoms with E-state index in [1.54, 1.807) is 0 Å². The third kappa shape index (κ3) is 2.69. The lowest BCUT2D eigenvalue weighted by atomic mass is 10.1. The fourth-order valence-corrected chi connectivity index (χ4v) is 1.66. The number of benzene rings is 1. The van der Waals surface area contributed by atoms with Gasteiger partial charge in [-0.3, -0.25) is 4.79 Å². The minimum atomic E-state index is -0.104. The van der Waals surface area contributed by atoms with E-state index in [4.69, 9.17) is 4.74 Å².